The number of rotatable bonds is 2. The van der Waals surface area contributed by atoms with Crippen molar-refractivity contribution in [3.8, 4) is 5.69 Å². The van der Waals surface area contributed by atoms with Gasteiger partial charge in [-0.05, 0) is 12.1 Å². The van der Waals surface area contributed by atoms with Crippen LogP contribution < -0.4 is 27.5 Å². The molecule has 3 rings (SSSR count). The van der Waals surface area contributed by atoms with E-state index in [1.54, 1.807) is 0 Å². The second-order valence-corrected chi connectivity index (χ2v) is 5.81. The van der Waals surface area contributed by atoms with Gasteiger partial charge in [-0.1, -0.05) is 11.6 Å². The first-order valence-electron chi connectivity index (χ1n) is 7.22. The fourth-order valence-corrected chi connectivity index (χ4v) is 2.85. The Bertz CT molecular complexity index is 1060. The van der Waals surface area contributed by atoms with Gasteiger partial charge in [0.2, 0.25) is 0 Å². The van der Waals surface area contributed by atoms with Gasteiger partial charge in [0.1, 0.15) is 0 Å². The number of hydrogen-bond donors (Lipinski definition) is 2. The molecule has 0 fully saturated rings. The summed E-state index contributed by atoms with van der Waals surface area (Å²) in [5, 5.41) is 3.52. The molecule has 0 bridgehead atoms. The summed E-state index contributed by atoms with van der Waals surface area (Å²) in [5.74, 6) is 4.74. The number of alkyl halides is 3. The Morgan fingerprint density at radius 2 is 1.85 bits per heavy atom. The summed E-state index contributed by atoms with van der Waals surface area (Å²) in [4.78, 5) is 41.4. The third kappa shape index (κ3) is 3.02. The quantitative estimate of drug-likeness (QED) is 0.712. The zero-order valence-corrected chi connectivity index (χ0v) is 14.3. The number of aromatic nitrogens is 2. The smallest absolute Gasteiger partial charge is 0.374 e. The van der Waals surface area contributed by atoms with E-state index in [0.29, 0.717) is 10.3 Å². The molecule has 1 aliphatic heterocycles. The van der Waals surface area contributed by atoms with Gasteiger partial charge in [-0.25, -0.2) is 14.0 Å². The molecule has 144 valence electrons. The molecule has 1 aliphatic rings. The first-order valence-corrected chi connectivity index (χ1v) is 7.60. The summed E-state index contributed by atoms with van der Waals surface area (Å²) in [6, 6.07) is 2.63. The van der Waals surface area contributed by atoms with Crippen LogP contribution in [0.3, 0.4) is 0 Å². The maximum atomic E-state index is 12.9. The minimum atomic E-state index is -5.00. The number of hydroxylamine groups is 1. The van der Waals surface area contributed by atoms with E-state index in [0.717, 1.165) is 11.1 Å². The monoisotopic (exact) mass is 405 g/mol. The van der Waals surface area contributed by atoms with E-state index in [4.69, 9.17) is 22.3 Å². The molecule has 2 heterocycles. The Morgan fingerprint density at radius 3 is 2.44 bits per heavy atom. The molecule has 0 unspecified atom stereocenters. The number of amides is 1. The predicted octanol–water partition coefficient (Wildman–Crippen LogP) is 0.705. The summed E-state index contributed by atoms with van der Waals surface area (Å²) in [6.45, 7) is -0.0909. The number of anilines is 2. The number of nitrogen functional groups attached to an aromatic ring is 1. The second kappa shape index (κ2) is 6.32. The number of nitrogens with one attached hydrogen (secondary N) is 1. The van der Waals surface area contributed by atoms with Crippen LogP contribution in [-0.2, 0) is 15.8 Å². The summed E-state index contributed by atoms with van der Waals surface area (Å²) in [6.07, 6.45) is -5.00. The van der Waals surface area contributed by atoms with E-state index in [2.05, 4.69) is 5.32 Å². The lowest BCUT2D eigenvalue weighted by atomic mass is 10.2. The predicted molar refractivity (Wildman–Crippen MR) is 89.4 cm³/mol. The Kier molecular flexibility index (Phi) is 4.40. The third-order valence-corrected chi connectivity index (χ3v) is 4.09. The summed E-state index contributed by atoms with van der Waals surface area (Å²) >= 11 is 6.09. The molecule has 1 aromatic heterocycles. The van der Waals surface area contributed by atoms with Crippen LogP contribution in [0.2, 0.25) is 5.02 Å². The van der Waals surface area contributed by atoms with Gasteiger partial charge in [0.05, 0.1) is 35.7 Å². The average molecular weight is 406 g/mol. The fourth-order valence-electron chi connectivity index (χ4n) is 2.61. The van der Waals surface area contributed by atoms with Gasteiger partial charge in [-0.15, -0.1) is 0 Å². The summed E-state index contributed by atoms with van der Waals surface area (Å²) in [5.41, 5.74) is -4.16. The maximum Gasteiger partial charge on any atom is 0.433 e. The number of halogens is 4. The average Bonchev–Trinajstić information content (AvgIpc) is 2.58. The second-order valence-electron chi connectivity index (χ2n) is 5.40. The zero-order valence-electron chi connectivity index (χ0n) is 13.5. The lowest BCUT2D eigenvalue weighted by molar-refractivity contribution is -0.143. The normalized spacial score (nSPS) is 14.1. The molecule has 0 aliphatic carbocycles. The van der Waals surface area contributed by atoms with Gasteiger partial charge >= 0.3 is 11.9 Å². The highest BCUT2D eigenvalue weighted by Gasteiger charge is 2.36. The first-order chi connectivity index (χ1) is 12.6. The van der Waals surface area contributed by atoms with E-state index in [9.17, 15) is 27.6 Å². The van der Waals surface area contributed by atoms with Crippen LogP contribution in [0.4, 0.5) is 24.5 Å². The van der Waals surface area contributed by atoms with E-state index >= 15 is 0 Å². The van der Waals surface area contributed by atoms with E-state index < -0.39 is 29.0 Å². The number of benzene rings is 1. The van der Waals surface area contributed by atoms with Crippen molar-refractivity contribution in [1.29, 1.82) is 0 Å². The van der Waals surface area contributed by atoms with Crippen molar-refractivity contribution in [2.45, 2.75) is 6.18 Å². The van der Waals surface area contributed by atoms with Crippen LogP contribution >= 0.6 is 11.6 Å². The molecule has 1 aromatic carbocycles. The van der Waals surface area contributed by atoms with Crippen LogP contribution in [0.5, 0.6) is 0 Å². The van der Waals surface area contributed by atoms with Crippen LogP contribution in [0, 0.1) is 0 Å². The Morgan fingerprint density at radius 1 is 1.19 bits per heavy atom. The van der Waals surface area contributed by atoms with Gasteiger partial charge in [-0.2, -0.15) is 18.2 Å². The number of carbonyl (C=O) groups excluding carboxylic acids is 1. The molecule has 0 radical (unpaired) electrons. The van der Waals surface area contributed by atoms with Crippen molar-refractivity contribution in [3.63, 3.8) is 0 Å². The topological polar surface area (TPSA) is 112 Å². The van der Waals surface area contributed by atoms with Gasteiger partial charge in [0.25, 0.3) is 11.5 Å². The number of hydrogen-bond acceptors (Lipinski definition) is 6. The number of nitrogens with zero attached hydrogens (tertiary/aromatic N) is 3. The molecule has 27 heavy (non-hydrogen) atoms. The number of fused-ring (bicyclic) bond motifs is 1. The highest BCUT2D eigenvalue weighted by atomic mass is 35.5. The molecule has 0 saturated heterocycles. The highest BCUT2D eigenvalue weighted by molar-refractivity contribution is 6.33. The van der Waals surface area contributed by atoms with Crippen molar-refractivity contribution in [2.75, 3.05) is 29.9 Å². The van der Waals surface area contributed by atoms with E-state index in [1.807, 2.05) is 0 Å². The Hall–Kier alpha value is -2.99. The van der Waals surface area contributed by atoms with Gasteiger partial charge in [0.15, 0.2) is 5.69 Å². The van der Waals surface area contributed by atoms with Crippen molar-refractivity contribution in [3.05, 3.63) is 49.8 Å². The van der Waals surface area contributed by atoms with Gasteiger partial charge < -0.3 is 11.2 Å². The lowest BCUT2D eigenvalue weighted by Crippen LogP contribution is -2.45. The molecular formula is C14H11ClF3N5O4. The van der Waals surface area contributed by atoms with Gasteiger partial charge in [0, 0.05) is 6.07 Å². The molecule has 0 atom stereocenters. The SMILES string of the molecule is CON1C(=O)CNc2cc(Cl)c(-n3c(=O)cc(C(F)(F)F)n(N)c3=O)cc21. The molecule has 3 N–H and O–H groups in total. The number of carbonyl (C=O) groups is 1. The summed E-state index contributed by atoms with van der Waals surface area (Å²) < 4.78 is 38.9. The highest BCUT2D eigenvalue weighted by Crippen LogP contribution is 2.36. The first kappa shape index (κ1) is 18.8. The van der Waals surface area contributed by atoms with E-state index in [-0.39, 0.29) is 33.7 Å². The van der Waals surface area contributed by atoms with Gasteiger partial charge in [-0.3, -0.25) is 14.4 Å². The standard InChI is InChI=1S/C14H11ClF3N5O4/c1-27-23-9-3-8(6(15)2-7(9)20-5-12(23)25)21-11(24)4-10(14(16,17)18)22(19)13(21)26/h2-4,20H,5,19H2,1H3. The Balaban J connectivity index is 2.29. The molecule has 0 saturated carbocycles. The van der Waals surface area contributed by atoms with Crippen LogP contribution in [0.25, 0.3) is 5.69 Å². The largest absolute Gasteiger partial charge is 0.433 e. The maximum absolute atomic E-state index is 12.9. The molecule has 9 nitrogen and oxygen atoms in total. The van der Waals surface area contributed by atoms with Crippen molar-refractivity contribution in [2.24, 2.45) is 0 Å². The minimum Gasteiger partial charge on any atom is -0.374 e. The third-order valence-electron chi connectivity index (χ3n) is 3.79. The van der Waals surface area contributed by atoms with Crippen LogP contribution in [-0.4, -0.2) is 28.8 Å². The number of nitrogens with two attached hydrogens (primary N) is 1. The molecule has 0 spiro atoms. The van der Waals surface area contributed by atoms with Crippen molar-refractivity contribution in [1.82, 2.24) is 9.24 Å². The molecular weight excluding hydrogens is 395 g/mol. The van der Waals surface area contributed by atoms with Crippen LogP contribution in [0.1, 0.15) is 5.69 Å². The zero-order chi connectivity index (χ0) is 20.1. The van der Waals surface area contributed by atoms with Crippen LogP contribution in [0.15, 0.2) is 27.8 Å². The fraction of sp³-hybridized carbons (Fsp3) is 0.214. The Labute approximate surface area is 153 Å². The lowest BCUT2D eigenvalue weighted by Gasteiger charge is -2.28. The van der Waals surface area contributed by atoms with Crippen molar-refractivity contribution >= 4 is 28.9 Å². The summed E-state index contributed by atoms with van der Waals surface area (Å²) in [7, 11) is 1.22. The minimum absolute atomic E-state index is 0.0909. The molecule has 2 aromatic rings. The van der Waals surface area contributed by atoms with Crippen molar-refractivity contribution < 1.29 is 22.8 Å². The molecule has 13 heteroatoms. The molecule has 1 amide bonds. The van der Waals surface area contributed by atoms with E-state index in [1.165, 1.54) is 13.2 Å².